The lowest BCUT2D eigenvalue weighted by atomic mass is 10.1. The molecule has 1 aliphatic heterocycles. The highest BCUT2D eigenvalue weighted by atomic mass is 19.1. The van der Waals surface area contributed by atoms with Gasteiger partial charge in [0.1, 0.15) is 5.82 Å². The molecule has 96 valence electrons. The normalized spacial score (nSPS) is 14.0. The first-order chi connectivity index (χ1) is 9.15. The Hall–Kier alpha value is -2.43. The minimum Gasteiger partial charge on any atom is -0.480 e. The number of likely N-dealkylation sites (N-methyl/N-ethyl adjacent to an activating group) is 1. The zero-order chi connectivity index (χ0) is 13.4. The predicted octanol–water partition coefficient (Wildman–Crippen LogP) is 2.24. The number of benzene rings is 1. The summed E-state index contributed by atoms with van der Waals surface area (Å²) in [5.74, 6) is 0.650. The Morgan fingerprint density at radius 1 is 1.26 bits per heavy atom. The average Bonchev–Trinajstić information content (AvgIpc) is 2.43. The van der Waals surface area contributed by atoms with Crippen LogP contribution in [0.5, 0.6) is 5.75 Å². The molecule has 0 radical (unpaired) electrons. The minimum absolute atomic E-state index is 0.0120. The van der Waals surface area contributed by atoms with Crippen LogP contribution in [-0.2, 0) is 4.79 Å². The summed E-state index contributed by atoms with van der Waals surface area (Å²) in [6.07, 6.45) is 1.64. The standard InChI is InChI=1S/C14H11FN2O2/c1-17-13(18)8-19-12-6-10(7-16-14(12)17)9-2-4-11(15)5-3-9/h2-7H,8H2,1H3. The molecule has 0 unspecified atom stereocenters. The molecule has 2 aromatic rings. The molecular formula is C14H11FN2O2. The third kappa shape index (κ3) is 2.03. The number of pyridine rings is 1. The number of carbonyl (C=O) groups excluding carboxylic acids is 1. The molecule has 0 saturated carbocycles. The molecule has 1 aromatic heterocycles. The van der Waals surface area contributed by atoms with Crippen molar-refractivity contribution in [2.24, 2.45) is 0 Å². The third-order valence-corrected chi connectivity index (χ3v) is 3.05. The van der Waals surface area contributed by atoms with E-state index in [4.69, 9.17) is 4.74 Å². The number of amides is 1. The SMILES string of the molecule is CN1C(=O)COc2cc(-c3ccc(F)cc3)cnc21. The van der Waals surface area contributed by atoms with Crippen molar-refractivity contribution in [3.05, 3.63) is 42.3 Å². The van der Waals surface area contributed by atoms with Crippen molar-refractivity contribution in [3.63, 3.8) is 0 Å². The van der Waals surface area contributed by atoms with Gasteiger partial charge >= 0.3 is 0 Å². The number of fused-ring (bicyclic) bond motifs is 1. The molecule has 0 aliphatic carbocycles. The first kappa shape index (κ1) is 11.6. The molecule has 2 heterocycles. The molecule has 0 fully saturated rings. The van der Waals surface area contributed by atoms with Gasteiger partial charge in [0, 0.05) is 18.8 Å². The van der Waals surface area contributed by atoms with Crippen molar-refractivity contribution >= 4 is 11.7 Å². The van der Waals surface area contributed by atoms with Gasteiger partial charge in [-0.2, -0.15) is 0 Å². The van der Waals surface area contributed by atoms with Gasteiger partial charge in [0.2, 0.25) is 0 Å². The number of nitrogens with zero attached hydrogens (tertiary/aromatic N) is 2. The van der Waals surface area contributed by atoms with E-state index in [2.05, 4.69) is 4.98 Å². The van der Waals surface area contributed by atoms with Gasteiger partial charge < -0.3 is 4.74 Å². The van der Waals surface area contributed by atoms with Gasteiger partial charge in [-0.1, -0.05) is 12.1 Å². The number of aromatic nitrogens is 1. The van der Waals surface area contributed by atoms with Gasteiger partial charge in [-0.25, -0.2) is 9.37 Å². The van der Waals surface area contributed by atoms with Crippen LogP contribution in [-0.4, -0.2) is 24.5 Å². The van der Waals surface area contributed by atoms with Crippen LogP contribution in [0.3, 0.4) is 0 Å². The van der Waals surface area contributed by atoms with E-state index in [1.54, 1.807) is 31.4 Å². The van der Waals surface area contributed by atoms with E-state index in [1.165, 1.54) is 17.0 Å². The Morgan fingerprint density at radius 3 is 2.74 bits per heavy atom. The Labute approximate surface area is 109 Å². The van der Waals surface area contributed by atoms with E-state index < -0.39 is 0 Å². The van der Waals surface area contributed by atoms with Crippen molar-refractivity contribution in [2.45, 2.75) is 0 Å². The van der Waals surface area contributed by atoms with E-state index in [9.17, 15) is 9.18 Å². The third-order valence-electron chi connectivity index (χ3n) is 3.05. The Morgan fingerprint density at radius 2 is 2.00 bits per heavy atom. The van der Waals surface area contributed by atoms with Gasteiger partial charge in [0.05, 0.1) is 0 Å². The molecule has 5 heteroatoms. The number of anilines is 1. The lowest BCUT2D eigenvalue weighted by Crippen LogP contribution is -2.36. The number of rotatable bonds is 1. The lowest BCUT2D eigenvalue weighted by molar-refractivity contribution is -0.121. The van der Waals surface area contributed by atoms with Crippen molar-refractivity contribution in [1.29, 1.82) is 0 Å². The molecule has 0 spiro atoms. The fraction of sp³-hybridized carbons (Fsp3) is 0.143. The summed E-state index contributed by atoms with van der Waals surface area (Å²) >= 11 is 0. The van der Waals surface area contributed by atoms with E-state index in [1.807, 2.05) is 0 Å². The largest absolute Gasteiger partial charge is 0.480 e. The van der Waals surface area contributed by atoms with Crippen molar-refractivity contribution in [3.8, 4) is 16.9 Å². The van der Waals surface area contributed by atoms with Gasteiger partial charge in [-0.15, -0.1) is 0 Å². The summed E-state index contributed by atoms with van der Waals surface area (Å²) < 4.78 is 18.2. The monoisotopic (exact) mass is 258 g/mol. The topological polar surface area (TPSA) is 42.4 Å². The van der Waals surface area contributed by atoms with Gasteiger partial charge in [0.25, 0.3) is 5.91 Å². The lowest BCUT2D eigenvalue weighted by Gasteiger charge is -2.24. The molecule has 3 rings (SSSR count). The summed E-state index contributed by atoms with van der Waals surface area (Å²) in [4.78, 5) is 17.2. The molecule has 4 nitrogen and oxygen atoms in total. The van der Waals surface area contributed by atoms with Crippen LogP contribution < -0.4 is 9.64 Å². The van der Waals surface area contributed by atoms with Crippen molar-refractivity contribution in [2.75, 3.05) is 18.6 Å². The molecule has 1 aliphatic rings. The molecule has 0 atom stereocenters. The second kappa shape index (κ2) is 4.35. The molecular weight excluding hydrogens is 247 g/mol. The smallest absolute Gasteiger partial charge is 0.265 e. The molecule has 1 aromatic carbocycles. The molecule has 0 bridgehead atoms. The molecule has 1 amide bonds. The van der Waals surface area contributed by atoms with E-state index in [0.29, 0.717) is 11.6 Å². The Kier molecular flexibility index (Phi) is 2.67. The molecule has 0 saturated heterocycles. The highest BCUT2D eigenvalue weighted by Crippen LogP contribution is 2.32. The number of hydrogen-bond donors (Lipinski definition) is 0. The first-order valence-electron chi connectivity index (χ1n) is 5.80. The van der Waals surface area contributed by atoms with Crippen LogP contribution in [0.15, 0.2) is 36.5 Å². The maximum absolute atomic E-state index is 12.9. The number of ether oxygens (including phenoxy) is 1. The summed E-state index contributed by atoms with van der Waals surface area (Å²) in [7, 11) is 1.66. The Bertz CT molecular complexity index is 640. The van der Waals surface area contributed by atoms with E-state index in [0.717, 1.165) is 11.1 Å². The van der Waals surface area contributed by atoms with Crippen LogP contribution >= 0.6 is 0 Å². The summed E-state index contributed by atoms with van der Waals surface area (Å²) in [5, 5.41) is 0. The van der Waals surface area contributed by atoms with Gasteiger partial charge in [0.15, 0.2) is 18.2 Å². The zero-order valence-electron chi connectivity index (χ0n) is 10.3. The van der Waals surface area contributed by atoms with E-state index in [-0.39, 0.29) is 18.3 Å². The maximum atomic E-state index is 12.9. The average molecular weight is 258 g/mol. The van der Waals surface area contributed by atoms with Crippen molar-refractivity contribution in [1.82, 2.24) is 4.98 Å². The van der Waals surface area contributed by atoms with Crippen LogP contribution in [0.1, 0.15) is 0 Å². The summed E-state index contributed by atoms with van der Waals surface area (Å²) in [6.45, 7) is 0.0120. The molecule has 0 N–H and O–H groups in total. The van der Waals surface area contributed by atoms with E-state index >= 15 is 0 Å². The summed E-state index contributed by atoms with van der Waals surface area (Å²) in [6, 6.07) is 7.95. The second-order valence-corrected chi connectivity index (χ2v) is 4.29. The van der Waals surface area contributed by atoms with Crippen LogP contribution in [0.2, 0.25) is 0 Å². The minimum atomic E-state index is -0.281. The highest BCUT2D eigenvalue weighted by molar-refractivity contribution is 5.96. The van der Waals surface area contributed by atoms with Crippen LogP contribution in [0.25, 0.3) is 11.1 Å². The Balaban J connectivity index is 2.02. The van der Waals surface area contributed by atoms with Gasteiger partial charge in [-0.05, 0) is 23.8 Å². The quantitative estimate of drug-likeness (QED) is 0.787. The molecule has 19 heavy (non-hydrogen) atoms. The maximum Gasteiger partial charge on any atom is 0.265 e. The summed E-state index contributed by atoms with van der Waals surface area (Å²) in [5.41, 5.74) is 1.67. The fourth-order valence-electron chi connectivity index (χ4n) is 1.95. The number of carbonyl (C=O) groups is 1. The predicted molar refractivity (Wildman–Crippen MR) is 68.5 cm³/mol. The van der Waals surface area contributed by atoms with Gasteiger partial charge in [-0.3, -0.25) is 9.69 Å². The second-order valence-electron chi connectivity index (χ2n) is 4.29. The first-order valence-corrected chi connectivity index (χ1v) is 5.80. The van der Waals surface area contributed by atoms with Crippen LogP contribution in [0, 0.1) is 5.82 Å². The highest BCUT2D eigenvalue weighted by Gasteiger charge is 2.23. The van der Waals surface area contributed by atoms with Crippen molar-refractivity contribution < 1.29 is 13.9 Å². The fourth-order valence-corrected chi connectivity index (χ4v) is 1.95. The number of halogens is 1. The number of hydrogen-bond acceptors (Lipinski definition) is 3. The van der Waals surface area contributed by atoms with Crippen LogP contribution in [0.4, 0.5) is 10.2 Å². The zero-order valence-corrected chi connectivity index (χ0v) is 10.3.